The lowest BCUT2D eigenvalue weighted by molar-refractivity contribution is -0.154. The molecule has 0 bridgehead atoms. The van der Waals surface area contributed by atoms with Gasteiger partial charge in [-0.3, -0.25) is 0 Å². The maximum absolute atomic E-state index is 11.9. The van der Waals surface area contributed by atoms with Gasteiger partial charge in [0.05, 0.1) is 11.9 Å². The van der Waals surface area contributed by atoms with E-state index in [-0.39, 0.29) is 5.88 Å². The van der Waals surface area contributed by atoms with Crippen LogP contribution in [0.3, 0.4) is 0 Å². The zero-order valence-corrected chi connectivity index (χ0v) is 8.35. The molecule has 3 nitrogen and oxygen atoms in total. The molecule has 6 heteroatoms. The van der Waals surface area contributed by atoms with E-state index >= 15 is 0 Å². The van der Waals surface area contributed by atoms with Gasteiger partial charge in [-0.1, -0.05) is 0 Å². The quantitative estimate of drug-likeness (QED) is 0.849. The second-order valence-electron chi connectivity index (χ2n) is 3.00. The van der Waals surface area contributed by atoms with E-state index in [0.717, 1.165) is 5.69 Å². The van der Waals surface area contributed by atoms with Gasteiger partial charge in [-0.05, 0) is 13.0 Å². The number of anilines is 1. The molecule has 0 aromatic carbocycles. The van der Waals surface area contributed by atoms with E-state index in [2.05, 4.69) is 15.0 Å². The zero-order chi connectivity index (χ0) is 11.5. The highest BCUT2D eigenvalue weighted by molar-refractivity contribution is 5.45. The van der Waals surface area contributed by atoms with Crippen LogP contribution in [0.15, 0.2) is 12.3 Å². The summed E-state index contributed by atoms with van der Waals surface area (Å²) in [5, 5.41) is 2.83. The topological polar surface area (TPSA) is 34.2 Å². The van der Waals surface area contributed by atoms with Crippen LogP contribution < -0.4 is 10.1 Å². The SMILES string of the molecule is CNc1cnc(OCC(F)(F)F)c(C)c1. The lowest BCUT2D eigenvalue weighted by Gasteiger charge is -2.10. The molecular formula is C9H11F3N2O. The van der Waals surface area contributed by atoms with Crippen molar-refractivity contribution in [1.29, 1.82) is 0 Å². The van der Waals surface area contributed by atoms with Crippen molar-refractivity contribution in [1.82, 2.24) is 4.98 Å². The van der Waals surface area contributed by atoms with Gasteiger partial charge in [0.1, 0.15) is 0 Å². The minimum atomic E-state index is -4.34. The van der Waals surface area contributed by atoms with Crippen LogP contribution in [0, 0.1) is 6.92 Å². The van der Waals surface area contributed by atoms with Crippen LogP contribution in [0.2, 0.25) is 0 Å². The summed E-state index contributed by atoms with van der Waals surface area (Å²) in [5.74, 6) is 0.00586. The van der Waals surface area contributed by atoms with Crippen molar-refractivity contribution in [3.05, 3.63) is 17.8 Å². The monoisotopic (exact) mass is 220 g/mol. The first-order chi connectivity index (χ1) is 6.92. The molecule has 0 fully saturated rings. The van der Waals surface area contributed by atoms with E-state index in [9.17, 15) is 13.2 Å². The number of aromatic nitrogens is 1. The van der Waals surface area contributed by atoms with Crippen LogP contribution in [-0.4, -0.2) is 24.8 Å². The Kier molecular flexibility index (Phi) is 3.39. The van der Waals surface area contributed by atoms with E-state index in [1.54, 1.807) is 20.0 Å². The Morgan fingerprint density at radius 2 is 2.13 bits per heavy atom. The number of halogens is 3. The molecule has 1 aromatic heterocycles. The molecule has 0 aliphatic heterocycles. The number of aryl methyl sites for hydroxylation is 1. The Bertz CT molecular complexity index is 339. The van der Waals surface area contributed by atoms with Gasteiger partial charge in [0, 0.05) is 12.6 Å². The fourth-order valence-electron chi connectivity index (χ4n) is 1.00. The highest BCUT2D eigenvalue weighted by atomic mass is 19.4. The maximum atomic E-state index is 11.9. The van der Waals surface area contributed by atoms with Crippen molar-refractivity contribution in [2.24, 2.45) is 0 Å². The van der Waals surface area contributed by atoms with Gasteiger partial charge in [-0.2, -0.15) is 13.2 Å². The summed E-state index contributed by atoms with van der Waals surface area (Å²) < 4.78 is 40.1. The molecule has 0 amide bonds. The van der Waals surface area contributed by atoms with Gasteiger partial charge < -0.3 is 10.1 Å². The predicted molar refractivity (Wildman–Crippen MR) is 50.1 cm³/mol. The number of ether oxygens (including phenoxy) is 1. The third-order valence-corrected chi connectivity index (χ3v) is 1.69. The first-order valence-corrected chi connectivity index (χ1v) is 4.26. The number of hydrogen-bond acceptors (Lipinski definition) is 3. The van der Waals surface area contributed by atoms with Crippen LogP contribution in [0.25, 0.3) is 0 Å². The van der Waals surface area contributed by atoms with Crippen molar-refractivity contribution < 1.29 is 17.9 Å². The number of hydrogen-bond donors (Lipinski definition) is 1. The molecule has 0 unspecified atom stereocenters. The summed E-state index contributed by atoms with van der Waals surface area (Å²) >= 11 is 0. The maximum Gasteiger partial charge on any atom is 0.422 e. The summed E-state index contributed by atoms with van der Waals surface area (Å²) in [5.41, 5.74) is 1.29. The Morgan fingerprint density at radius 1 is 1.47 bits per heavy atom. The summed E-state index contributed by atoms with van der Waals surface area (Å²) in [7, 11) is 1.70. The lowest BCUT2D eigenvalue weighted by Crippen LogP contribution is -2.20. The van der Waals surface area contributed by atoms with Crippen molar-refractivity contribution in [3.8, 4) is 5.88 Å². The van der Waals surface area contributed by atoms with E-state index in [1.165, 1.54) is 6.20 Å². The normalized spacial score (nSPS) is 11.3. The molecule has 0 saturated heterocycles. The van der Waals surface area contributed by atoms with Crippen LogP contribution >= 0.6 is 0 Å². The second-order valence-corrected chi connectivity index (χ2v) is 3.00. The number of nitrogens with zero attached hydrogens (tertiary/aromatic N) is 1. The molecule has 1 heterocycles. The zero-order valence-electron chi connectivity index (χ0n) is 8.35. The third kappa shape index (κ3) is 3.65. The van der Waals surface area contributed by atoms with Crippen molar-refractivity contribution in [3.63, 3.8) is 0 Å². The fourth-order valence-corrected chi connectivity index (χ4v) is 1.00. The molecule has 1 rings (SSSR count). The standard InChI is InChI=1S/C9H11F3N2O/c1-6-3-7(13-2)4-14-8(6)15-5-9(10,11)12/h3-4,13H,5H2,1-2H3. The molecule has 0 atom stereocenters. The molecule has 0 radical (unpaired) electrons. The largest absolute Gasteiger partial charge is 0.468 e. The summed E-state index contributed by atoms with van der Waals surface area (Å²) in [4.78, 5) is 3.77. The van der Waals surface area contributed by atoms with Crippen LogP contribution in [-0.2, 0) is 0 Å². The Hall–Kier alpha value is -1.46. The summed E-state index contributed by atoms with van der Waals surface area (Å²) in [6.07, 6.45) is -2.92. The van der Waals surface area contributed by atoms with Gasteiger partial charge >= 0.3 is 6.18 Å². The Morgan fingerprint density at radius 3 is 2.60 bits per heavy atom. The average Bonchev–Trinajstić information content (AvgIpc) is 2.14. The number of alkyl halides is 3. The molecule has 0 aliphatic rings. The smallest absolute Gasteiger partial charge is 0.422 e. The lowest BCUT2D eigenvalue weighted by atomic mass is 10.3. The molecular weight excluding hydrogens is 209 g/mol. The van der Waals surface area contributed by atoms with Gasteiger partial charge in [-0.15, -0.1) is 0 Å². The highest BCUT2D eigenvalue weighted by Crippen LogP contribution is 2.21. The van der Waals surface area contributed by atoms with Gasteiger partial charge in [0.2, 0.25) is 5.88 Å². The highest BCUT2D eigenvalue weighted by Gasteiger charge is 2.28. The van der Waals surface area contributed by atoms with Gasteiger partial charge in [0.15, 0.2) is 6.61 Å². The van der Waals surface area contributed by atoms with Crippen molar-refractivity contribution >= 4 is 5.69 Å². The first kappa shape index (κ1) is 11.6. The first-order valence-electron chi connectivity index (χ1n) is 4.26. The minimum absolute atomic E-state index is 0.00586. The average molecular weight is 220 g/mol. The molecule has 84 valence electrons. The summed E-state index contributed by atoms with van der Waals surface area (Å²) in [6.45, 7) is 0.319. The van der Waals surface area contributed by atoms with E-state index in [4.69, 9.17) is 0 Å². The Balaban J connectivity index is 2.70. The third-order valence-electron chi connectivity index (χ3n) is 1.69. The molecule has 0 spiro atoms. The minimum Gasteiger partial charge on any atom is -0.468 e. The Labute approximate surface area is 85.3 Å². The number of pyridine rings is 1. The van der Waals surface area contributed by atoms with Crippen molar-refractivity contribution in [2.45, 2.75) is 13.1 Å². The summed E-state index contributed by atoms with van der Waals surface area (Å²) in [6, 6.07) is 1.67. The van der Waals surface area contributed by atoms with Gasteiger partial charge in [0.25, 0.3) is 0 Å². The molecule has 1 aromatic rings. The van der Waals surface area contributed by atoms with Gasteiger partial charge in [-0.25, -0.2) is 4.98 Å². The van der Waals surface area contributed by atoms with Crippen LogP contribution in [0.1, 0.15) is 5.56 Å². The van der Waals surface area contributed by atoms with Crippen molar-refractivity contribution in [2.75, 3.05) is 19.0 Å². The molecule has 0 saturated carbocycles. The van der Waals surface area contributed by atoms with E-state index in [0.29, 0.717) is 5.56 Å². The molecule has 15 heavy (non-hydrogen) atoms. The van der Waals surface area contributed by atoms with Crippen LogP contribution in [0.4, 0.5) is 18.9 Å². The molecule has 0 aliphatic carbocycles. The second kappa shape index (κ2) is 4.37. The number of nitrogens with one attached hydrogen (secondary N) is 1. The van der Waals surface area contributed by atoms with E-state index < -0.39 is 12.8 Å². The van der Waals surface area contributed by atoms with Crippen LogP contribution in [0.5, 0.6) is 5.88 Å². The fraction of sp³-hybridized carbons (Fsp3) is 0.444. The van der Waals surface area contributed by atoms with E-state index in [1.807, 2.05) is 0 Å². The molecule has 1 N–H and O–H groups in total. The number of rotatable bonds is 3. The predicted octanol–water partition coefficient (Wildman–Crippen LogP) is 2.37.